The molecule has 18 nitrogen and oxygen atoms in total. The number of nitrogens with one attached hydrogen (secondary N) is 1. The summed E-state index contributed by atoms with van der Waals surface area (Å²) in [5.41, 5.74) is 5.49. The van der Waals surface area contributed by atoms with Gasteiger partial charge in [0.2, 0.25) is 0 Å². The van der Waals surface area contributed by atoms with Gasteiger partial charge in [-0.25, -0.2) is 28.7 Å². The highest BCUT2D eigenvalue weighted by Crippen LogP contribution is 2.60. The highest BCUT2D eigenvalue weighted by molar-refractivity contribution is 7.32. The van der Waals surface area contributed by atoms with Crippen molar-refractivity contribution >= 4 is 43.2 Å². The lowest BCUT2D eigenvalue weighted by Crippen LogP contribution is -2.42. The highest BCUT2D eigenvalue weighted by Gasteiger charge is 2.65. The van der Waals surface area contributed by atoms with Gasteiger partial charge in [-0.15, -0.1) is 13.2 Å². The number of aliphatic hydroxyl groups excluding tert-OH is 1. The number of hydrogen-bond donors (Lipinski definition) is 4. The topological polar surface area (TPSA) is 228 Å². The molecule has 320 valence electrons. The van der Waals surface area contributed by atoms with Crippen molar-refractivity contribution in [2.24, 2.45) is 11.7 Å². The van der Waals surface area contributed by atoms with E-state index in [-0.39, 0.29) is 60.8 Å². The second-order valence-electron chi connectivity index (χ2n) is 14.5. The minimum atomic E-state index is -3.75. The highest BCUT2D eigenvalue weighted by atomic mass is 31.1. The Bertz CT molecular complexity index is 2320. The number of amides is 2. The Labute approximate surface area is 348 Å². The second kappa shape index (κ2) is 17.4. The Morgan fingerprint density at radius 1 is 0.951 bits per heavy atom. The largest absolute Gasteiger partial charge is 0.394 e. The fourth-order valence-electron chi connectivity index (χ4n) is 8.12. The third kappa shape index (κ3) is 7.70. The molecule has 0 radical (unpaired) electrons. The number of aromatic nitrogens is 4. The number of nitrogens with zero attached hydrogens (tertiary/aromatic N) is 7. The van der Waals surface area contributed by atoms with Crippen LogP contribution in [0, 0.1) is 5.92 Å². The van der Waals surface area contributed by atoms with Gasteiger partial charge in [0.25, 0.3) is 11.8 Å². The number of fused-ring (bicyclic) bond motifs is 2. The van der Waals surface area contributed by atoms with Crippen LogP contribution in [-0.4, -0.2) is 111 Å². The van der Waals surface area contributed by atoms with Crippen molar-refractivity contribution < 1.29 is 51.7 Å². The summed E-state index contributed by atoms with van der Waals surface area (Å²) < 4.78 is 67.9. The van der Waals surface area contributed by atoms with E-state index in [1.54, 1.807) is 66.7 Å². The Morgan fingerprint density at radius 3 is 2.16 bits per heavy atom. The van der Waals surface area contributed by atoms with Gasteiger partial charge in [0.15, 0.2) is 42.6 Å². The van der Waals surface area contributed by atoms with Crippen molar-refractivity contribution in [2.75, 3.05) is 46.4 Å². The van der Waals surface area contributed by atoms with Crippen LogP contribution in [0.15, 0.2) is 98.6 Å². The number of anilines is 4. The van der Waals surface area contributed by atoms with Crippen LogP contribution in [0.3, 0.4) is 0 Å². The third-order valence-electron chi connectivity index (χ3n) is 10.9. The lowest BCUT2D eigenvalue weighted by atomic mass is 9.89. The molecular formula is C40H42F2N9O9P. The van der Waals surface area contributed by atoms with E-state index < -0.39 is 75.6 Å². The van der Waals surface area contributed by atoms with Gasteiger partial charge in [0, 0.05) is 30.1 Å². The molecule has 2 amide bonds. The van der Waals surface area contributed by atoms with E-state index in [2.05, 4.69) is 38.4 Å². The van der Waals surface area contributed by atoms with Crippen LogP contribution in [-0.2, 0) is 28.9 Å². The van der Waals surface area contributed by atoms with E-state index in [4.69, 9.17) is 24.5 Å². The van der Waals surface area contributed by atoms with Crippen LogP contribution >= 0.6 is 8.25 Å². The first kappa shape index (κ1) is 42.1. The van der Waals surface area contributed by atoms with Gasteiger partial charge >= 0.3 is 8.25 Å². The lowest BCUT2D eigenvalue weighted by molar-refractivity contribution is -0.207. The summed E-state index contributed by atoms with van der Waals surface area (Å²) in [4.78, 5) is 59.2. The Morgan fingerprint density at radius 2 is 1.56 bits per heavy atom. The monoisotopic (exact) mass is 861 g/mol. The minimum absolute atomic E-state index is 0.0286. The summed E-state index contributed by atoms with van der Waals surface area (Å²) in [7, 11) is -3.75. The standard InChI is InChI=1S/C40H42F2N9O9P/c1-3-15-49(36(53)22-11-7-5-8-12-22)33-26-31(44-19-45-33)40(26,59-39-30(60-61(55)56)28(42)32(43)58-39)17-24-25(18-52)57-38(27(24)41)51-21-48-29-34(46-20-47-35(29)51)50(16-4-2)37(54)23-13-9-6-10-14-23/h3-14,19-20,24-25,27-28,30,32,38-39,48,52,61H,1-2,15-18,21,43H2,(H,55,56)/t24-,25-,27-,28-,30+,32-,38-,39?,40?/m1/s1. The number of hydrogen-bond acceptors (Lipinski definition) is 15. The predicted molar refractivity (Wildman–Crippen MR) is 216 cm³/mol. The van der Waals surface area contributed by atoms with E-state index in [1.807, 2.05) is 0 Å². The molecule has 8 rings (SSSR count). The van der Waals surface area contributed by atoms with Gasteiger partial charge in [0.1, 0.15) is 36.0 Å². The van der Waals surface area contributed by atoms with Gasteiger partial charge in [-0.05, 0) is 30.7 Å². The fourth-order valence-corrected chi connectivity index (χ4v) is 8.60. The average molecular weight is 862 g/mol. The molecule has 1 aliphatic carbocycles. The molecule has 3 unspecified atom stereocenters. The fraction of sp³-hybridized carbons (Fsp3) is 0.350. The Kier molecular flexibility index (Phi) is 12.0. The Balaban J connectivity index is 1.14. The molecule has 2 aromatic heterocycles. The number of rotatable bonds is 16. The van der Waals surface area contributed by atoms with Crippen molar-refractivity contribution in [2.45, 2.75) is 55.3 Å². The number of carbonyl (C=O) groups is 2. The molecule has 2 saturated heterocycles. The maximum Gasteiger partial charge on any atom is 0.317 e. The van der Waals surface area contributed by atoms with Gasteiger partial charge in [-0.2, -0.15) is 0 Å². The van der Waals surface area contributed by atoms with Crippen LogP contribution in [0.5, 0.6) is 0 Å². The molecule has 4 aliphatic rings. The first-order valence-electron chi connectivity index (χ1n) is 19.2. The molecule has 2 fully saturated rings. The average Bonchev–Trinajstić information content (AvgIpc) is 3.46. The zero-order chi connectivity index (χ0) is 43.0. The van der Waals surface area contributed by atoms with Crippen LogP contribution in [0.2, 0.25) is 0 Å². The molecule has 61 heavy (non-hydrogen) atoms. The summed E-state index contributed by atoms with van der Waals surface area (Å²) in [6.07, 6.45) is -6.56. The van der Waals surface area contributed by atoms with Crippen LogP contribution in [0.1, 0.15) is 38.4 Å². The summed E-state index contributed by atoms with van der Waals surface area (Å²) >= 11 is 0. The normalized spacial score (nSPS) is 27.7. The number of alkyl halides is 2. The van der Waals surface area contributed by atoms with Crippen LogP contribution < -0.4 is 25.8 Å². The number of nitrogens with two attached hydrogens (primary N) is 1. The number of ether oxygens (including phenoxy) is 3. The summed E-state index contributed by atoms with van der Waals surface area (Å²) in [5.74, 6) is -1.52. The number of benzene rings is 2. The third-order valence-corrected chi connectivity index (χ3v) is 11.4. The smallest absolute Gasteiger partial charge is 0.317 e. The molecule has 21 heteroatoms. The zero-order valence-corrected chi connectivity index (χ0v) is 33.4. The maximum absolute atomic E-state index is 17.4. The molecule has 10 atom stereocenters. The molecule has 4 aromatic rings. The molecule has 3 aliphatic heterocycles. The maximum atomic E-state index is 17.4. The molecule has 5 heterocycles. The van der Waals surface area contributed by atoms with Crippen molar-refractivity contribution in [1.82, 2.24) is 19.9 Å². The predicted octanol–water partition coefficient (Wildman–Crippen LogP) is 3.20. The SMILES string of the molecule is C=CCN(C(=O)c1ccccc1)c1ncnc2c1NCN2[C@@H]1O[C@H](CO)[C@@H](CC2(OC3O[C@@H](N)[C@H](F)[C@@H]3O[PH](=O)O)c3ncnc(N(CC=C)C(=O)c4ccccc4)c32)[C@H]1F. The molecule has 2 aromatic carbocycles. The van der Waals surface area contributed by atoms with Gasteiger partial charge in [-0.3, -0.25) is 28.5 Å². The molecule has 0 bridgehead atoms. The van der Waals surface area contributed by atoms with Crippen LogP contribution in [0.4, 0.5) is 31.9 Å². The first-order chi connectivity index (χ1) is 29.5. The van der Waals surface area contributed by atoms with Gasteiger partial charge in [0.05, 0.1) is 30.6 Å². The van der Waals surface area contributed by atoms with Gasteiger partial charge in [-0.1, -0.05) is 48.6 Å². The van der Waals surface area contributed by atoms with Gasteiger partial charge < -0.3 is 40.2 Å². The second-order valence-corrected chi connectivity index (χ2v) is 15.3. The lowest BCUT2D eigenvalue weighted by Gasteiger charge is -2.30. The van der Waals surface area contributed by atoms with E-state index in [0.717, 1.165) is 0 Å². The van der Waals surface area contributed by atoms with Crippen molar-refractivity contribution in [3.63, 3.8) is 0 Å². The Hall–Kier alpha value is -5.57. The van der Waals surface area contributed by atoms with Crippen molar-refractivity contribution in [3.8, 4) is 0 Å². The zero-order valence-electron chi connectivity index (χ0n) is 32.4. The van der Waals surface area contributed by atoms with Crippen molar-refractivity contribution in [1.29, 1.82) is 0 Å². The summed E-state index contributed by atoms with van der Waals surface area (Å²) in [6.45, 7) is 6.97. The minimum Gasteiger partial charge on any atom is -0.394 e. The summed E-state index contributed by atoms with van der Waals surface area (Å²) in [5, 5.41) is 13.9. The summed E-state index contributed by atoms with van der Waals surface area (Å²) in [6, 6.07) is 16.9. The number of carbonyl (C=O) groups excluding carboxylic acids is 2. The van der Waals surface area contributed by atoms with E-state index in [9.17, 15) is 24.2 Å². The molecule has 5 N–H and O–H groups in total. The molecular weight excluding hydrogens is 819 g/mol. The quantitative estimate of drug-likeness (QED) is 0.0937. The number of aliphatic hydroxyl groups is 1. The van der Waals surface area contributed by atoms with Crippen LogP contribution in [0.25, 0.3) is 0 Å². The van der Waals surface area contributed by atoms with E-state index >= 15 is 8.78 Å². The number of halogens is 2. The first-order valence-corrected chi connectivity index (χ1v) is 20.5. The molecule has 0 saturated carbocycles. The van der Waals surface area contributed by atoms with E-state index in [0.29, 0.717) is 16.8 Å². The van der Waals surface area contributed by atoms with Crippen molar-refractivity contribution in [3.05, 3.63) is 121 Å². The molecule has 0 spiro atoms. The van der Waals surface area contributed by atoms with E-state index in [1.165, 1.54) is 33.4 Å².